The second kappa shape index (κ2) is 13.7. The van der Waals surface area contributed by atoms with Crippen LogP contribution in [0.25, 0.3) is 0 Å². The molecule has 33 heavy (non-hydrogen) atoms. The van der Waals surface area contributed by atoms with Gasteiger partial charge in [-0.15, -0.1) is 11.8 Å². The van der Waals surface area contributed by atoms with E-state index < -0.39 is 0 Å². The zero-order chi connectivity index (χ0) is 23.3. The lowest BCUT2D eigenvalue weighted by Gasteiger charge is -2.23. The van der Waals surface area contributed by atoms with Gasteiger partial charge in [0.25, 0.3) is 0 Å². The fraction of sp³-hybridized carbons (Fsp3) is 0.333. The van der Waals surface area contributed by atoms with Crippen LogP contribution in [0, 0.1) is 0 Å². The second-order valence-corrected chi connectivity index (χ2v) is 9.02. The quantitative estimate of drug-likeness (QED) is 0.504. The van der Waals surface area contributed by atoms with Crippen LogP contribution in [0.15, 0.2) is 83.8 Å². The van der Waals surface area contributed by atoms with Crippen molar-refractivity contribution in [3.8, 4) is 23.0 Å². The van der Waals surface area contributed by atoms with Crippen LogP contribution < -0.4 is 9.47 Å². The fourth-order valence-electron chi connectivity index (χ4n) is 3.48. The van der Waals surface area contributed by atoms with Gasteiger partial charge < -0.3 is 19.7 Å². The Morgan fingerprint density at radius 3 is 2.21 bits per heavy atom. The van der Waals surface area contributed by atoms with Gasteiger partial charge in [0.05, 0.1) is 11.5 Å². The summed E-state index contributed by atoms with van der Waals surface area (Å²) in [6, 6.07) is 24.5. The van der Waals surface area contributed by atoms with Crippen LogP contribution in [0.3, 0.4) is 0 Å². The minimum atomic E-state index is 0.307. The number of hydrogen-bond acceptors (Lipinski definition) is 6. The van der Waals surface area contributed by atoms with Crippen molar-refractivity contribution >= 4 is 11.8 Å². The predicted molar refractivity (Wildman–Crippen MR) is 135 cm³/mol. The Labute approximate surface area is 201 Å². The summed E-state index contributed by atoms with van der Waals surface area (Å²) < 4.78 is 11.1. The van der Waals surface area contributed by atoms with Crippen LogP contribution in [-0.2, 0) is 0 Å². The molecule has 0 aromatic heterocycles. The van der Waals surface area contributed by atoms with Crippen molar-refractivity contribution in [3.63, 3.8) is 0 Å². The molecule has 6 heteroatoms. The van der Waals surface area contributed by atoms with E-state index in [9.17, 15) is 0 Å². The molecular weight excluding hydrogens is 434 g/mol. The molecule has 5 nitrogen and oxygen atoms in total. The molecule has 3 aromatic rings. The highest BCUT2D eigenvalue weighted by molar-refractivity contribution is 7.99. The molecule has 176 valence electrons. The van der Waals surface area contributed by atoms with E-state index in [0.717, 1.165) is 35.4 Å². The predicted octanol–water partition coefficient (Wildman–Crippen LogP) is 5.82. The fourth-order valence-corrected chi connectivity index (χ4v) is 4.34. The molecule has 2 aliphatic rings. The molecule has 0 aliphatic carbocycles. The smallest absolute Gasteiger partial charge is 0.133 e. The third-order valence-electron chi connectivity index (χ3n) is 5.28. The Morgan fingerprint density at radius 2 is 1.58 bits per heavy atom. The summed E-state index contributed by atoms with van der Waals surface area (Å²) >= 11 is 1.72. The molecule has 3 aromatic carbocycles. The minimum Gasteiger partial charge on any atom is -0.508 e. The van der Waals surface area contributed by atoms with Crippen molar-refractivity contribution in [1.82, 2.24) is 4.90 Å². The molecule has 0 spiro atoms. The third-order valence-corrected chi connectivity index (χ3v) is 6.28. The topological polar surface area (TPSA) is 62.2 Å². The van der Waals surface area contributed by atoms with Crippen molar-refractivity contribution in [2.45, 2.75) is 30.7 Å². The molecule has 2 N–H and O–H groups in total. The number of likely N-dealkylation sites (tertiary alicyclic amines) is 1. The number of nitrogens with zero attached hydrogens (tertiary/aromatic N) is 1. The molecule has 2 heterocycles. The van der Waals surface area contributed by atoms with Crippen LogP contribution in [0.4, 0.5) is 0 Å². The van der Waals surface area contributed by atoms with Crippen molar-refractivity contribution in [2.75, 3.05) is 32.1 Å². The van der Waals surface area contributed by atoms with E-state index in [1.165, 1.54) is 25.9 Å². The highest BCUT2D eigenvalue weighted by Gasteiger charge is 2.18. The van der Waals surface area contributed by atoms with Gasteiger partial charge in [0.15, 0.2) is 0 Å². The average Bonchev–Trinajstić information content (AvgIpc) is 3.40. The van der Waals surface area contributed by atoms with Gasteiger partial charge in [-0.05, 0) is 75.3 Å². The van der Waals surface area contributed by atoms with Crippen LogP contribution in [0.2, 0.25) is 0 Å². The number of para-hydroxylation sites is 2. The lowest BCUT2D eigenvalue weighted by Crippen LogP contribution is -2.34. The number of phenols is 2. The molecule has 2 aliphatic heterocycles. The number of rotatable bonds is 4. The Morgan fingerprint density at radius 1 is 0.909 bits per heavy atom. The summed E-state index contributed by atoms with van der Waals surface area (Å²) in [4.78, 5) is 3.54. The second-order valence-electron chi connectivity index (χ2n) is 7.88. The molecule has 0 radical (unpaired) electrons. The number of phenolic OH excluding ortho intramolecular Hbond substituents is 2. The van der Waals surface area contributed by atoms with E-state index in [1.54, 1.807) is 54.2 Å². The van der Waals surface area contributed by atoms with Gasteiger partial charge in [-0.2, -0.15) is 0 Å². The van der Waals surface area contributed by atoms with Crippen molar-refractivity contribution in [2.24, 2.45) is 0 Å². The standard InChI is InChI=1S/C13H19NO.C8H8O2S.C6H6O/c1-12(14-9-5-6-10-14)11-15-13-7-3-2-4-8-13;9-6-1-2-7-8(5-6)11-4-3-10-7;7-6-4-2-1-3-5-6/h2-4,7-8,12H,5-6,9-11H2,1H3;1-2,5,9H,3-4H2;1-5,7H/t12-;;/m0../s1. The first-order valence-electron chi connectivity index (χ1n) is 11.4. The Kier molecular flexibility index (Phi) is 10.3. The summed E-state index contributed by atoms with van der Waals surface area (Å²) in [7, 11) is 0. The largest absolute Gasteiger partial charge is 0.508 e. The Hall–Kier alpha value is -2.83. The maximum atomic E-state index is 9.12. The van der Waals surface area contributed by atoms with Crippen LogP contribution in [0.1, 0.15) is 19.8 Å². The maximum Gasteiger partial charge on any atom is 0.133 e. The molecular formula is C27H33NO4S. The molecule has 1 atom stereocenters. The number of fused-ring (bicyclic) bond motifs is 1. The van der Waals surface area contributed by atoms with Crippen LogP contribution in [-0.4, -0.2) is 53.2 Å². The number of aromatic hydroxyl groups is 2. The van der Waals surface area contributed by atoms with E-state index >= 15 is 0 Å². The highest BCUT2D eigenvalue weighted by Crippen LogP contribution is 2.35. The van der Waals surface area contributed by atoms with Crippen LogP contribution in [0.5, 0.6) is 23.0 Å². The average molecular weight is 468 g/mol. The summed E-state index contributed by atoms with van der Waals surface area (Å²) in [6.45, 7) is 6.28. The molecule has 0 amide bonds. The van der Waals surface area contributed by atoms with Gasteiger partial charge >= 0.3 is 0 Å². The number of ether oxygens (including phenoxy) is 2. The molecule has 0 saturated carbocycles. The molecule has 1 saturated heterocycles. The maximum absolute atomic E-state index is 9.12. The summed E-state index contributed by atoms with van der Waals surface area (Å²) in [5.74, 6) is 3.46. The van der Waals surface area contributed by atoms with Gasteiger partial charge in [-0.3, -0.25) is 4.90 Å². The molecule has 0 bridgehead atoms. The van der Waals surface area contributed by atoms with Crippen molar-refractivity contribution < 1.29 is 19.7 Å². The van der Waals surface area contributed by atoms with Gasteiger partial charge in [0, 0.05) is 11.8 Å². The number of thioether (sulfide) groups is 1. The third kappa shape index (κ3) is 8.91. The van der Waals surface area contributed by atoms with Gasteiger partial charge in [0.1, 0.15) is 29.6 Å². The molecule has 5 rings (SSSR count). The monoisotopic (exact) mass is 467 g/mol. The van der Waals surface area contributed by atoms with Gasteiger partial charge in [-0.1, -0.05) is 36.4 Å². The lowest BCUT2D eigenvalue weighted by molar-refractivity contribution is 0.172. The first-order chi connectivity index (χ1) is 16.1. The van der Waals surface area contributed by atoms with E-state index in [4.69, 9.17) is 19.7 Å². The Balaban J connectivity index is 0.000000149. The van der Waals surface area contributed by atoms with E-state index in [-0.39, 0.29) is 0 Å². The summed E-state index contributed by atoms with van der Waals surface area (Å²) in [6.07, 6.45) is 2.69. The van der Waals surface area contributed by atoms with Gasteiger partial charge in [-0.25, -0.2) is 0 Å². The molecule has 0 unspecified atom stereocenters. The first kappa shape index (κ1) is 24.8. The minimum absolute atomic E-state index is 0.307. The highest BCUT2D eigenvalue weighted by atomic mass is 32.2. The number of benzene rings is 3. The zero-order valence-electron chi connectivity index (χ0n) is 19.1. The SMILES string of the molecule is C[C@@H](COc1ccccc1)N1CCCC1.Oc1ccc2c(c1)SCCO2.Oc1ccccc1. The van der Waals surface area contributed by atoms with Crippen molar-refractivity contribution in [1.29, 1.82) is 0 Å². The summed E-state index contributed by atoms with van der Waals surface area (Å²) in [5.41, 5.74) is 0. The summed E-state index contributed by atoms with van der Waals surface area (Å²) in [5, 5.41) is 17.8. The van der Waals surface area contributed by atoms with Crippen LogP contribution >= 0.6 is 11.8 Å². The Bertz CT molecular complexity index is 933. The van der Waals surface area contributed by atoms with E-state index in [1.807, 2.05) is 36.4 Å². The van der Waals surface area contributed by atoms with E-state index in [2.05, 4.69) is 11.8 Å². The zero-order valence-corrected chi connectivity index (χ0v) is 19.9. The lowest BCUT2D eigenvalue weighted by atomic mass is 10.3. The van der Waals surface area contributed by atoms with E-state index in [0.29, 0.717) is 17.5 Å². The number of hydrogen-bond donors (Lipinski definition) is 2. The van der Waals surface area contributed by atoms with Crippen molar-refractivity contribution in [3.05, 3.63) is 78.9 Å². The normalized spacial score (nSPS) is 15.5. The first-order valence-corrected chi connectivity index (χ1v) is 12.3. The van der Waals surface area contributed by atoms with Gasteiger partial charge in [0.2, 0.25) is 0 Å². The molecule has 1 fully saturated rings.